The molecule has 0 spiro atoms. The van der Waals surface area contributed by atoms with Crippen molar-refractivity contribution in [2.24, 2.45) is 5.92 Å². The van der Waals surface area contributed by atoms with Gasteiger partial charge >= 0.3 is 6.09 Å². The molecule has 1 heterocycles. The molecule has 0 aliphatic carbocycles. The summed E-state index contributed by atoms with van der Waals surface area (Å²) in [5, 5.41) is 5.96. The molecule has 1 amide bonds. The van der Waals surface area contributed by atoms with Crippen LogP contribution in [-0.4, -0.2) is 22.7 Å². The van der Waals surface area contributed by atoms with Gasteiger partial charge in [-0.05, 0) is 45.7 Å². The van der Waals surface area contributed by atoms with Gasteiger partial charge in [0.2, 0.25) is 0 Å². The van der Waals surface area contributed by atoms with Crippen molar-refractivity contribution >= 4 is 17.6 Å². The van der Waals surface area contributed by atoms with Crippen LogP contribution in [0.3, 0.4) is 0 Å². The summed E-state index contributed by atoms with van der Waals surface area (Å²) in [5.41, 5.74) is 0.416. The number of nitrogens with zero attached hydrogens (tertiary/aromatic N) is 1. The van der Waals surface area contributed by atoms with Crippen LogP contribution in [0.5, 0.6) is 0 Å². The second-order valence-corrected chi connectivity index (χ2v) is 6.24. The van der Waals surface area contributed by atoms with Crippen LogP contribution in [0.15, 0.2) is 18.3 Å². The fourth-order valence-electron chi connectivity index (χ4n) is 1.39. The molecular formula is C15H25N3O2. The van der Waals surface area contributed by atoms with Crippen molar-refractivity contribution in [2.75, 3.05) is 10.6 Å². The number of hydrogen-bond donors (Lipinski definition) is 2. The molecule has 0 aliphatic heterocycles. The van der Waals surface area contributed by atoms with Crippen LogP contribution in [-0.2, 0) is 4.74 Å². The molecule has 0 saturated heterocycles. The van der Waals surface area contributed by atoms with Crippen LogP contribution in [0.2, 0.25) is 0 Å². The minimum atomic E-state index is -0.516. The fourth-order valence-corrected chi connectivity index (χ4v) is 1.39. The lowest BCUT2D eigenvalue weighted by atomic mass is 10.1. The van der Waals surface area contributed by atoms with Crippen molar-refractivity contribution in [1.82, 2.24) is 4.98 Å². The van der Waals surface area contributed by atoms with Gasteiger partial charge in [0.1, 0.15) is 11.4 Å². The number of aromatic nitrogens is 1. The number of carbonyl (C=O) groups is 1. The van der Waals surface area contributed by atoms with E-state index in [1.807, 2.05) is 26.8 Å². The summed E-state index contributed by atoms with van der Waals surface area (Å²) >= 11 is 0. The Morgan fingerprint density at radius 2 is 1.90 bits per heavy atom. The van der Waals surface area contributed by atoms with Crippen molar-refractivity contribution in [3.8, 4) is 0 Å². The molecule has 1 unspecified atom stereocenters. The number of nitrogens with one attached hydrogen (secondary N) is 2. The van der Waals surface area contributed by atoms with Gasteiger partial charge in [-0.1, -0.05) is 13.8 Å². The third-order valence-corrected chi connectivity index (χ3v) is 2.79. The highest BCUT2D eigenvalue weighted by atomic mass is 16.6. The van der Waals surface area contributed by atoms with Crippen molar-refractivity contribution in [3.63, 3.8) is 0 Å². The van der Waals surface area contributed by atoms with Crippen LogP contribution >= 0.6 is 0 Å². The van der Waals surface area contributed by atoms with Crippen LogP contribution in [0.25, 0.3) is 0 Å². The van der Waals surface area contributed by atoms with E-state index in [-0.39, 0.29) is 0 Å². The van der Waals surface area contributed by atoms with Crippen LogP contribution in [0, 0.1) is 5.92 Å². The lowest BCUT2D eigenvalue weighted by Gasteiger charge is -2.20. The van der Waals surface area contributed by atoms with Gasteiger partial charge in [-0.2, -0.15) is 0 Å². The van der Waals surface area contributed by atoms with Gasteiger partial charge in [-0.3, -0.25) is 5.32 Å². The number of carbonyl (C=O) groups excluding carboxylic acids is 1. The number of anilines is 2. The van der Waals surface area contributed by atoms with E-state index in [2.05, 4.69) is 36.4 Å². The molecule has 1 aromatic heterocycles. The Labute approximate surface area is 121 Å². The third-order valence-electron chi connectivity index (χ3n) is 2.79. The first-order valence-corrected chi connectivity index (χ1v) is 6.90. The van der Waals surface area contributed by atoms with Gasteiger partial charge in [0, 0.05) is 6.04 Å². The topological polar surface area (TPSA) is 63.2 Å². The van der Waals surface area contributed by atoms with Crippen LogP contribution < -0.4 is 10.6 Å². The average Bonchev–Trinajstić information content (AvgIpc) is 2.28. The quantitative estimate of drug-likeness (QED) is 0.877. The number of rotatable bonds is 4. The Bertz CT molecular complexity index is 435. The maximum absolute atomic E-state index is 11.6. The number of pyridine rings is 1. The molecule has 112 valence electrons. The van der Waals surface area contributed by atoms with Crippen molar-refractivity contribution in [1.29, 1.82) is 0 Å². The van der Waals surface area contributed by atoms with E-state index >= 15 is 0 Å². The smallest absolute Gasteiger partial charge is 0.413 e. The predicted octanol–water partition coefficient (Wildman–Crippen LogP) is 3.89. The van der Waals surface area contributed by atoms with Crippen LogP contribution in [0.4, 0.5) is 16.3 Å². The molecule has 0 saturated carbocycles. The molecule has 5 nitrogen and oxygen atoms in total. The van der Waals surface area contributed by atoms with E-state index < -0.39 is 11.7 Å². The summed E-state index contributed by atoms with van der Waals surface area (Å²) in [5.74, 6) is 1.01. The van der Waals surface area contributed by atoms with E-state index in [9.17, 15) is 4.79 Å². The zero-order valence-corrected chi connectivity index (χ0v) is 13.2. The number of amides is 1. The minimum absolute atomic E-state index is 0.362. The van der Waals surface area contributed by atoms with E-state index in [4.69, 9.17) is 4.74 Å². The van der Waals surface area contributed by atoms with Gasteiger partial charge in [-0.15, -0.1) is 0 Å². The Kier molecular flexibility index (Phi) is 5.36. The van der Waals surface area contributed by atoms with Gasteiger partial charge in [0.05, 0.1) is 11.9 Å². The number of ether oxygens (including phenoxy) is 1. The molecule has 1 aromatic rings. The highest BCUT2D eigenvalue weighted by Crippen LogP contribution is 2.15. The van der Waals surface area contributed by atoms with Gasteiger partial charge < -0.3 is 10.1 Å². The lowest BCUT2D eigenvalue weighted by molar-refractivity contribution is 0.0635. The summed E-state index contributed by atoms with van der Waals surface area (Å²) in [6.07, 6.45) is 1.20. The summed E-state index contributed by atoms with van der Waals surface area (Å²) in [7, 11) is 0. The Balaban J connectivity index is 2.57. The van der Waals surface area contributed by atoms with Crippen LogP contribution in [0.1, 0.15) is 41.5 Å². The molecule has 1 rings (SSSR count). The first kappa shape index (κ1) is 16.3. The maximum Gasteiger partial charge on any atom is 0.413 e. The van der Waals surface area contributed by atoms with Crippen molar-refractivity contribution in [2.45, 2.75) is 53.2 Å². The molecule has 0 radical (unpaired) electrons. The highest BCUT2D eigenvalue weighted by Gasteiger charge is 2.16. The highest BCUT2D eigenvalue weighted by molar-refractivity contribution is 5.83. The first-order valence-electron chi connectivity index (χ1n) is 6.90. The second kappa shape index (κ2) is 6.59. The van der Waals surface area contributed by atoms with E-state index in [1.165, 1.54) is 0 Å². The molecular weight excluding hydrogens is 254 g/mol. The zero-order chi connectivity index (χ0) is 15.3. The molecule has 0 bridgehead atoms. The van der Waals surface area contributed by atoms with E-state index in [1.54, 1.807) is 12.3 Å². The minimum Gasteiger partial charge on any atom is -0.444 e. The lowest BCUT2D eigenvalue weighted by Crippen LogP contribution is -2.27. The second-order valence-electron chi connectivity index (χ2n) is 6.24. The van der Waals surface area contributed by atoms with E-state index in [0.29, 0.717) is 17.8 Å². The molecule has 0 fully saturated rings. The molecule has 0 aliphatic rings. The normalized spacial score (nSPS) is 12.9. The summed E-state index contributed by atoms with van der Waals surface area (Å²) in [6.45, 7) is 11.9. The summed E-state index contributed by atoms with van der Waals surface area (Å²) in [6, 6.07) is 4.00. The van der Waals surface area contributed by atoms with Gasteiger partial charge in [0.15, 0.2) is 0 Å². The molecule has 2 N–H and O–H groups in total. The maximum atomic E-state index is 11.6. The third kappa shape index (κ3) is 5.91. The molecule has 20 heavy (non-hydrogen) atoms. The summed E-state index contributed by atoms with van der Waals surface area (Å²) in [4.78, 5) is 15.8. The average molecular weight is 279 g/mol. The Morgan fingerprint density at radius 1 is 1.25 bits per heavy atom. The monoisotopic (exact) mass is 279 g/mol. The Hall–Kier alpha value is -1.78. The first-order chi connectivity index (χ1) is 9.17. The Morgan fingerprint density at radius 3 is 2.35 bits per heavy atom. The molecule has 0 aromatic carbocycles. The van der Waals surface area contributed by atoms with Gasteiger partial charge in [0.25, 0.3) is 0 Å². The standard InChI is InChI=1S/C15H25N3O2/c1-10(2)11(3)17-12-7-8-13(16-9-12)18-14(19)20-15(4,5)6/h7-11,17H,1-6H3,(H,16,18,19). The fraction of sp³-hybridized carbons (Fsp3) is 0.600. The summed E-state index contributed by atoms with van der Waals surface area (Å²) < 4.78 is 5.16. The molecule has 1 atom stereocenters. The largest absolute Gasteiger partial charge is 0.444 e. The SMILES string of the molecule is CC(C)C(C)Nc1ccc(NC(=O)OC(C)(C)C)nc1. The van der Waals surface area contributed by atoms with Crippen molar-refractivity contribution < 1.29 is 9.53 Å². The zero-order valence-electron chi connectivity index (χ0n) is 13.2. The predicted molar refractivity (Wildman–Crippen MR) is 82.0 cm³/mol. The molecule has 5 heteroatoms. The number of hydrogen-bond acceptors (Lipinski definition) is 4. The van der Waals surface area contributed by atoms with E-state index in [0.717, 1.165) is 5.69 Å². The van der Waals surface area contributed by atoms with Crippen molar-refractivity contribution in [3.05, 3.63) is 18.3 Å². The van der Waals surface area contributed by atoms with Gasteiger partial charge in [-0.25, -0.2) is 9.78 Å².